The standard InChI is InChI=1S/C9H15N3O3/c10-6-1-3-11(5-6)9(15)12-4-2-7(12)8(13)14/h6-7H,1-5,10H2,(H,13,14). The molecule has 2 atom stereocenters. The monoisotopic (exact) mass is 213 g/mol. The lowest BCUT2D eigenvalue weighted by molar-refractivity contribution is -0.146. The van der Waals surface area contributed by atoms with Gasteiger partial charge in [0.15, 0.2) is 0 Å². The van der Waals surface area contributed by atoms with E-state index in [-0.39, 0.29) is 12.1 Å². The van der Waals surface area contributed by atoms with Gasteiger partial charge in [0.05, 0.1) is 0 Å². The van der Waals surface area contributed by atoms with Crippen molar-refractivity contribution in [3.63, 3.8) is 0 Å². The number of hydrogen-bond donors (Lipinski definition) is 2. The van der Waals surface area contributed by atoms with Gasteiger partial charge in [-0.05, 0) is 12.8 Å². The molecule has 0 radical (unpaired) electrons. The highest BCUT2D eigenvalue weighted by Crippen LogP contribution is 2.21. The Hall–Kier alpha value is -1.30. The van der Waals surface area contributed by atoms with Gasteiger partial charge in [-0.1, -0.05) is 0 Å². The fraction of sp³-hybridized carbons (Fsp3) is 0.778. The largest absolute Gasteiger partial charge is 0.480 e. The van der Waals surface area contributed by atoms with Crippen LogP contribution in [0.4, 0.5) is 4.79 Å². The first-order valence-corrected chi connectivity index (χ1v) is 5.13. The van der Waals surface area contributed by atoms with E-state index in [4.69, 9.17) is 10.8 Å². The van der Waals surface area contributed by atoms with Crippen molar-refractivity contribution in [2.24, 2.45) is 5.73 Å². The van der Waals surface area contributed by atoms with E-state index in [1.165, 1.54) is 4.90 Å². The van der Waals surface area contributed by atoms with Crippen LogP contribution in [-0.2, 0) is 4.79 Å². The Balaban J connectivity index is 1.94. The molecule has 2 aliphatic rings. The number of carbonyl (C=O) groups is 2. The molecule has 2 rings (SSSR count). The third kappa shape index (κ3) is 1.77. The van der Waals surface area contributed by atoms with Crippen molar-refractivity contribution in [3.05, 3.63) is 0 Å². The molecule has 0 spiro atoms. The van der Waals surface area contributed by atoms with Gasteiger partial charge in [-0.25, -0.2) is 9.59 Å². The van der Waals surface area contributed by atoms with Crippen LogP contribution in [0.25, 0.3) is 0 Å². The summed E-state index contributed by atoms with van der Waals surface area (Å²) in [6.07, 6.45) is 1.36. The van der Waals surface area contributed by atoms with Crippen molar-refractivity contribution >= 4 is 12.0 Å². The molecule has 2 unspecified atom stereocenters. The molecule has 0 aromatic heterocycles. The van der Waals surface area contributed by atoms with Gasteiger partial charge in [-0.2, -0.15) is 0 Å². The first kappa shape index (κ1) is 10.2. The molecule has 6 nitrogen and oxygen atoms in total. The van der Waals surface area contributed by atoms with Crippen LogP contribution in [0.2, 0.25) is 0 Å². The second-order valence-corrected chi connectivity index (χ2v) is 4.11. The maximum Gasteiger partial charge on any atom is 0.326 e. The van der Waals surface area contributed by atoms with Crippen molar-refractivity contribution in [1.29, 1.82) is 0 Å². The van der Waals surface area contributed by atoms with Crippen LogP contribution in [0.5, 0.6) is 0 Å². The van der Waals surface area contributed by atoms with Gasteiger partial charge < -0.3 is 20.6 Å². The van der Waals surface area contributed by atoms with Crippen molar-refractivity contribution in [3.8, 4) is 0 Å². The van der Waals surface area contributed by atoms with E-state index in [1.54, 1.807) is 4.90 Å². The minimum absolute atomic E-state index is 0.0403. The van der Waals surface area contributed by atoms with Gasteiger partial charge in [0, 0.05) is 25.7 Å². The van der Waals surface area contributed by atoms with Gasteiger partial charge in [0.25, 0.3) is 0 Å². The summed E-state index contributed by atoms with van der Waals surface area (Å²) >= 11 is 0. The molecule has 2 fully saturated rings. The number of rotatable bonds is 1. The summed E-state index contributed by atoms with van der Waals surface area (Å²) in [5.74, 6) is -0.918. The Morgan fingerprint density at radius 1 is 1.27 bits per heavy atom. The summed E-state index contributed by atoms with van der Waals surface area (Å²) in [4.78, 5) is 25.6. The summed E-state index contributed by atoms with van der Waals surface area (Å²) in [6.45, 7) is 1.73. The molecule has 15 heavy (non-hydrogen) atoms. The van der Waals surface area contributed by atoms with Crippen LogP contribution in [0.15, 0.2) is 0 Å². The highest BCUT2D eigenvalue weighted by Gasteiger charge is 2.40. The lowest BCUT2D eigenvalue weighted by Gasteiger charge is -2.40. The molecule has 2 saturated heterocycles. The number of nitrogens with zero attached hydrogens (tertiary/aromatic N) is 2. The van der Waals surface area contributed by atoms with Crippen molar-refractivity contribution in [2.75, 3.05) is 19.6 Å². The summed E-state index contributed by atoms with van der Waals surface area (Å²) in [5.41, 5.74) is 5.69. The topological polar surface area (TPSA) is 86.9 Å². The predicted octanol–water partition coefficient (Wildman–Crippen LogP) is -0.702. The Labute approximate surface area is 87.6 Å². The van der Waals surface area contributed by atoms with Crippen molar-refractivity contribution in [2.45, 2.75) is 24.9 Å². The van der Waals surface area contributed by atoms with E-state index < -0.39 is 12.0 Å². The first-order valence-electron chi connectivity index (χ1n) is 5.13. The van der Waals surface area contributed by atoms with E-state index in [2.05, 4.69) is 0 Å². The molecule has 2 amide bonds. The quantitative estimate of drug-likeness (QED) is 0.603. The van der Waals surface area contributed by atoms with E-state index in [0.29, 0.717) is 26.1 Å². The molecule has 0 bridgehead atoms. The number of carboxylic acids is 1. The number of nitrogens with two attached hydrogens (primary N) is 1. The highest BCUT2D eigenvalue weighted by atomic mass is 16.4. The van der Waals surface area contributed by atoms with E-state index in [9.17, 15) is 9.59 Å². The average molecular weight is 213 g/mol. The molecule has 0 aromatic carbocycles. The van der Waals surface area contributed by atoms with Gasteiger partial charge in [-0.3, -0.25) is 0 Å². The fourth-order valence-electron chi connectivity index (χ4n) is 2.02. The normalized spacial score (nSPS) is 30.2. The Morgan fingerprint density at radius 3 is 2.40 bits per heavy atom. The SMILES string of the molecule is NC1CCN(C(=O)N2CCC2C(=O)O)C1. The van der Waals surface area contributed by atoms with Crippen LogP contribution >= 0.6 is 0 Å². The smallest absolute Gasteiger partial charge is 0.326 e. The predicted molar refractivity (Wildman–Crippen MR) is 52.3 cm³/mol. The number of carbonyl (C=O) groups excluding carboxylic acids is 1. The van der Waals surface area contributed by atoms with Gasteiger partial charge in [-0.15, -0.1) is 0 Å². The summed E-state index contributed by atoms with van der Waals surface area (Å²) < 4.78 is 0. The van der Waals surface area contributed by atoms with Gasteiger partial charge >= 0.3 is 12.0 Å². The first-order chi connectivity index (χ1) is 7.09. The van der Waals surface area contributed by atoms with Gasteiger partial charge in [0.1, 0.15) is 6.04 Å². The number of aliphatic carboxylic acids is 1. The summed E-state index contributed by atoms with van der Waals surface area (Å²) in [5, 5.41) is 8.81. The number of likely N-dealkylation sites (tertiary alicyclic amines) is 2. The van der Waals surface area contributed by atoms with Crippen LogP contribution < -0.4 is 5.73 Å². The Kier molecular flexibility index (Phi) is 2.52. The molecule has 0 aromatic rings. The fourth-order valence-corrected chi connectivity index (χ4v) is 2.02. The Morgan fingerprint density at radius 2 is 2.00 bits per heavy atom. The molecular weight excluding hydrogens is 198 g/mol. The van der Waals surface area contributed by atoms with Crippen molar-refractivity contribution < 1.29 is 14.7 Å². The lowest BCUT2D eigenvalue weighted by atomic mass is 10.0. The molecule has 84 valence electrons. The summed E-state index contributed by atoms with van der Waals surface area (Å²) in [6, 6.07) is -0.769. The van der Waals surface area contributed by atoms with Crippen LogP contribution in [0, 0.1) is 0 Å². The van der Waals surface area contributed by atoms with E-state index in [0.717, 1.165) is 6.42 Å². The summed E-state index contributed by atoms with van der Waals surface area (Å²) in [7, 11) is 0. The zero-order valence-electron chi connectivity index (χ0n) is 8.43. The minimum atomic E-state index is -0.918. The molecule has 2 heterocycles. The zero-order valence-corrected chi connectivity index (χ0v) is 8.43. The molecule has 6 heteroatoms. The lowest BCUT2D eigenvalue weighted by Crippen LogP contribution is -2.58. The number of hydrogen-bond acceptors (Lipinski definition) is 3. The molecule has 2 aliphatic heterocycles. The average Bonchev–Trinajstić information content (AvgIpc) is 2.48. The molecule has 0 saturated carbocycles. The number of urea groups is 1. The van der Waals surface area contributed by atoms with Crippen molar-refractivity contribution in [1.82, 2.24) is 9.80 Å². The Bertz CT molecular complexity index is 294. The second-order valence-electron chi connectivity index (χ2n) is 4.11. The van der Waals surface area contributed by atoms with E-state index in [1.807, 2.05) is 0 Å². The second kappa shape index (κ2) is 3.69. The molecule has 3 N–H and O–H groups in total. The third-order valence-corrected chi connectivity index (χ3v) is 3.05. The maximum atomic E-state index is 11.8. The van der Waals surface area contributed by atoms with E-state index >= 15 is 0 Å². The maximum absolute atomic E-state index is 11.8. The van der Waals surface area contributed by atoms with Gasteiger partial charge in [0.2, 0.25) is 0 Å². The molecule has 0 aliphatic carbocycles. The minimum Gasteiger partial charge on any atom is -0.480 e. The zero-order chi connectivity index (χ0) is 11.0. The van der Waals surface area contributed by atoms with Crippen LogP contribution in [0.1, 0.15) is 12.8 Å². The van der Waals surface area contributed by atoms with Crippen LogP contribution in [0.3, 0.4) is 0 Å². The number of carboxylic acid groups (broad SMARTS) is 1. The van der Waals surface area contributed by atoms with Crippen LogP contribution in [-0.4, -0.2) is 58.6 Å². The third-order valence-electron chi connectivity index (χ3n) is 3.05. The molecular formula is C9H15N3O3. The highest BCUT2D eigenvalue weighted by molar-refractivity contribution is 5.84. The number of amides is 2.